The second-order valence-electron chi connectivity index (χ2n) is 16.9. The van der Waals surface area contributed by atoms with E-state index in [-0.39, 0.29) is 81.5 Å². The number of fused-ring (bicyclic) bond motifs is 1. The fourth-order valence-electron chi connectivity index (χ4n) is 7.25. The van der Waals surface area contributed by atoms with Crippen molar-refractivity contribution in [2.45, 2.75) is 122 Å². The third-order valence-corrected chi connectivity index (χ3v) is 10.6. The van der Waals surface area contributed by atoms with Gasteiger partial charge in [-0.2, -0.15) is 5.10 Å². The van der Waals surface area contributed by atoms with Gasteiger partial charge in [0, 0.05) is 74.9 Å². The lowest BCUT2D eigenvalue weighted by Gasteiger charge is -2.28. The number of aromatic nitrogens is 4. The number of carboxylic acids is 2. The molecule has 0 saturated heterocycles. The highest BCUT2D eigenvalue weighted by Gasteiger charge is 2.22. The average molecular weight is 1210 g/mol. The summed E-state index contributed by atoms with van der Waals surface area (Å²) in [5, 5.41) is 31.6. The molecule has 87 heavy (non-hydrogen) atoms. The lowest BCUT2D eigenvalue weighted by atomic mass is 10.1. The summed E-state index contributed by atoms with van der Waals surface area (Å²) in [5.74, 6) is -2.14. The van der Waals surface area contributed by atoms with E-state index in [1.807, 2.05) is 98.1 Å². The minimum absolute atomic E-state index is 0.0218. The van der Waals surface area contributed by atoms with Crippen LogP contribution in [-0.2, 0) is 32.3 Å². The minimum atomic E-state index is -1.00. The van der Waals surface area contributed by atoms with E-state index in [9.17, 15) is 33.9 Å². The maximum atomic E-state index is 13.4. The van der Waals surface area contributed by atoms with Crippen molar-refractivity contribution < 1.29 is 48.5 Å². The molecule has 0 unspecified atom stereocenters. The van der Waals surface area contributed by atoms with Gasteiger partial charge in [0.1, 0.15) is 41.3 Å². The molecular weight excluding hydrogens is 1110 g/mol. The summed E-state index contributed by atoms with van der Waals surface area (Å²) in [6, 6.07) is 6.16. The normalized spacial score (nSPS) is 10.6. The highest BCUT2D eigenvalue weighted by molar-refractivity contribution is 6.43. The summed E-state index contributed by atoms with van der Waals surface area (Å²) in [4.78, 5) is 87.1. The van der Waals surface area contributed by atoms with Crippen molar-refractivity contribution >= 4 is 82.8 Å². The van der Waals surface area contributed by atoms with E-state index in [0.29, 0.717) is 70.4 Å². The Labute approximate surface area is 515 Å². The smallest absolute Gasteiger partial charge is 0.305 e. The first-order valence-electron chi connectivity index (χ1n) is 29.0. The van der Waals surface area contributed by atoms with Crippen LogP contribution >= 0.6 is 0 Å². The van der Waals surface area contributed by atoms with E-state index in [1.165, 1.54) is 25.3 Å². The number of primary amides is 1. The first-order valence-corrected chi connectivity index (χ1v) is 29.0. The van der Waals surface area contributed by atoms with E-state index in [2.05, 4.69) is 56.6 Å². The quantitative estimate of drug-likeness (QED) is 0.00418. The van der Waals surface area contributed by atoms with Crippen LogP contribution in [0.1, 0.15) is 130 Å². The molecule has 2 aromatic heterocycles. The molecule has 0 radical (unpaired) electrons. The predicted molar refractivity (Wildman–Crippen MR) is 356 cm³/mol. The topological polar surface area (TPSA) is 342 Å². The van der Waals surface area contributed by atoms with Gasteiger partial charge in [-0.3, -0.25) is 43.4 Å². The van der Waals surface area contributed by atoms with E-state index >= 15 is 0 Å². The molecule has 4 rings (SSSR count). The number of anilines is 3. The highest BCUT2D eigenvalue weighted by Crippen LogP contribution is 2.40. The number of likely N-dealkylation sites (N-methyl/N-ethyl adjacent to an activating group) is 1. The van der Waals surface area contributed by atoms with Gasteiger partial charge in [0.2, 0.25) is 11.9 Å². The molecule has 0 aliphatic rings. The lowest BCUT2D eigenvalue weighted by molar-refractivity contribution is -0.138. The molecule has 0 aliphatic heterocycles. The van der Waals surface area contributed by atoms with Crippen LogP contribution in [-0.4, -0.2) is 138 Å². The van der Waals surface area contributed by atoms with Crippen LogP contribution in [0.4, 0.5) is 23.0 Å². The van der Waals surface area contributed by atoms with E-state index < -0.39 is 23.8 Å². The number of benzene rings is 2. The molecule has 0 saturated carbocycles. The minimum Gasteiger partial charge on any atom is -0.491 e. The van der Waals surface area contributed by atoms with Crippen molar-refractivity contribution in [1.29, 1.82) is 0 Å². The fraction of sp³-hybridized carbons (Fsp3) is 0.429. The number of nitrogens with zero attached hydrogens (tertiary/aromatic N) is 8. The van der Waals surface area contributed by atoms with Crippen LogP contribution in [0.25, 0.3) is 11.0 Å². The standard InChI is InChI=1S/C46H58N12O9.C8H13NO.4C2H6.CH5N/c1-7-51-37(21-31(4)47)45(65)52-29-55(42-35(49-5)24-33(44(48)64)25-39(42)67-20-12-13-40(60)61)15-8-9-17-58-43-36(54-46(58)50-6)22-32(28-59)23-38(43)66-19-11-10-16-56-27-34(26-53-56)57(30(2)3)18-14-41(62)63;1-4-9-8(6-10)5-7(2)3;5*1-2/h8-11,21-28H,2,5,7,12-20,29,47H2,1,3-4,6H3,(H2,48,64)(H,50,54)(H,52,65)(H,60,61)(H,62,63);5-6,9H,2,4H2,1,3H3;4*1-2H3;2H2,1H3/b9-8+,11-10+,31-21-,51-37?;8-5-;;;;;. The number of carboxylic acid groups (broad SMARTS) is 2. The second-order valence-corrected chi connectivity index (χ2v) is 16.9. The average Bonchev–Trinajstić information content (AvgIpc) is 1.85. The van der Waals surface area contributed by atoms with Crippen LogP contribution in [0.15, 0.2) is 119 Å². The number of carbonyl (C=O) groups is 6. The maximum Gasteiger partial charge on any atom is 0.305 e. The van der Waals surface area contributed by atoms with Gasteiger partial charge < -0.3 is 67.2 Å². The number of aldehydes is 2. The number of aliphatic imine (C=N–C) groups is 2. The number of amides is 2. The van der Waals surface area contributed by atoms with Crippen molar-refractivity contribution in [3.8, 4) is 11.5 Å². The maximum absolute atomic E-state index is 13.4. The van der Waals surface area contributed by atoms with Crippen LogP contribution in [0, 0.1) is 0 Å². The van der Waals surface area contributed by atoms with Gasteiger partial charge in [-0.25, -0.2) is 4.98 Å². The Morgan fingerprint density at radius 1 is 0.828 bits per heavy atom. The molecule has 2 heterocycles. The zero-order chi connectivity index (χ0) is 67.0. The number of ether oxygens (including phenoxy) is 2. The fourth-order valence-corrected chi connectivity index (χ4v) is 7.25. The molecular formula is C63H100N14O10. The second kappa shape index (κ2) is 49.0. The van der Waals surface area contributed by atoms with E-state index in [0.717, 1.165) is 24.1 Å². The van der Waals surface area contributed by atoms with Crippen LogP contribution in [0.3, 0.4) is 0 Å². The molecule has 2 aromatic carbocycles. The molecule has 0 fully saturated rings. The van der Waals surface area contributed by atoms with Gasteiger partial charge in [0.25, 0.3) is 5.91 Å². The van der Waals surface area contributed by atoms with Crippen molar-refractivity contribution in [2.24, 2.45) is 27.2 Å². The van der Waals surface area contributed by atoms with Crippen molar-refractivity contribution in [3.63, 3.8) is 0 Å². The number of hydrogen-bond acceptors (Lipinski definition) is 18. The van der Waals surface area contributed by atoms with Gasteiger partial charge in [-0.1, -0.05) is 92.3 Å². The predicted octanol–water partition coefficient (Wildman–Crippen LogP) is 9.61. The van der Waals surface area contributed by atoms with E-state index in [1.54, 1.807) is 72.9 Å². The number of nitrogens with two attached hydrogens (primary N) is 3. The summed E-state index contributed by atoms with van der Waals surface area (Å²) in [7, 11) is 3.22. The van der Waals surface area contributed by atoms with Gasteiger partial charge in [-0.05, 0) is 97.3 Å². The van der Waals surface area contributed by atoms with Gasteiger partial charge in [0.15, 0.2) is 6.29 Å². The summed E-state index contributed by atoms with van der Waals surface area (Å²) >= 11 is 0. The number of rotatable bonds is 33. The zero-order valence-electron chi connectivity index (χ0n) is 54.2. The Hall–Kier alpha value is -9.32. The number of aliphatic carboxylic acids is 2. The van der Waals surface area contributed by atoms with Gasteiger partial charge >= 0.3 is 11.9 Å². The Bertz CT molecular complexity index is 2910. The van der Waals surface area contributed by atoms with Crippen LogP contribution in [0.5, 0.6) is 11.5 Å². The van der Waals surface area contributed by atoms with Crippen molar-refractivity contribution in [2.75, 3.05) is 75.3 Å². The third-order valence-electron chi connectivity index (χ3n) is 10.6. The molecule has 11 N–H and O–H groups in total. The molecule has 2 amide bonds. The monoisotopic (exact) mass is 1210 g/mol. The first-order chi connectivity index (χ1) is 41.8. The third kappa shape index (κ3) is 30.9. The molecule has 4 aromatic rings. The summed E-state index contributed by atoms with van der Waals surface area (Å²) < 4.78 is 15.9. The summed E-state index contributed by atoms with van der Waals surface area (Å²) in [6.45, 7) is 38.4. The summed E-state index contributed by atoms with van der Waals surface area (Å²) in [5.41, 5.74) is 21.5. The molecule has 0 aliphatic carbocycles. The molecule has 24 heteroatoms. The Kier molecular flexibility index (Phi) is 46.1. The van der Waals surface area contributed by atoms with Gasteiger partial charge in [0.05, 0.1) is 55.0 Å². The van der Waals surface area contributed by atoms with Crippen LogP contribution < -0.4 is 52.4 Å². The van der Waals surface area contributed by atoms with Crippen LogP contribution in [0.2, 0.25) is 0 Å². The Morgan fingerprint density at radius 2 is 1.47 bits per heavy atom. The molecule has 24 nitrogen and oxygen atoms in total. The Morgan fingerprint density at radius 3 is 2.00 bits per heavy atom. The Balaban J connectivity index is -0.00000309. The molecule has 482 valence electrons. The highest BCUT2D eigenvalue weighted by atomic mass is 16.5. The molecule has 0 atom stereocenters. The number of nitrogens with one attached hydrogen (secondary N) is 3. The number of allylic oxidation sites excluding steroid dienone is 7. The number of carbonyl (C=O) groups excluding carboxylic acids is 4. The van der Waals surface area contributed by atoms with Crippen molar-refractivity contribution in [1.82, 2.24) is 30.0 Å². The van der Waals surface area contributed by atoms with Gasteiger partial charge in [-0.15, -0.1) is 0 Å². The van der Waals surface area contributed by atoms with E-state index in [4.69, 9.17) is 31.0 Å². The SMILES string of the molecule is C=C(C)/C=C(/C=O)NCC.C=Nc1cc(C(N)=O)cc(OCCCC(=O)O)c1N(C/C=C/Cn1c(NC)nc2cc(C=O)cc(OC/C=C/Cn3cc(N(CCC(=O)O)C(=C)C)cn3)c21)CNC(=O)C(/C=C(/C)N)=NCC.CC.CC.CC.CC.CN. The van der Waals surface area contributed by atoms with Crippen molar-refractivity contribution in [3.05, 3.63) is 120 Å². The largest absolute Gasteiger partial charge is 0.491 e. The number of hydrogen-bond donors (Lipinski definition) is 8. The zero-order valence-corrected chi connectivity index (χ0v) is 54.2. The molecule has 0 spiro atoms. The molecule has 0 bridgehead atoms. The lowest BCUT2D eigenvalue weighted by Crippen LogP contribution is -2.41. The summed E-state index contributed by atoms with van der Waals surface area (Å²) in [6.07, 6.45) is 15.4. The number of imidazole rings is 1. The first kappa shape index (κ1) is 81.9.